The third kappa shape index (κ3) is 9.53. The Balaban J connectivity index is 0.700. The third-order valence-electron chi connectivity index (χ3n) is 13.2. The number of ether oxygens (including phenoxy) is 1. The molecule has 0 saturated carbocycles. The topological polar surface area (TPSA) is 161 Å². The van der Waals surface area contributed by atoms with E-state index in [0.29, 0.717) is 76.6 Å². The molecule has 2 atom stereocenters. The van der Waals surface area contributed by atoms with E-state index in [9.17, 15) is 24.0 Å². The number of aromatic nitrogens is 3. The Kier molecular flexibility index (Phi) is 13.0. The molecular formula is C49H53ClN8O6. The molecule has 4 amide bonds. The van der Waals surface area contributed by atoms with Gasteiger partial charge in [0.25, 0.3) is 5.91 Å². The van der Waals surface area contributed by atoms with Crippen molar-refractivity contribution in [1.82, 2.24) is 35.0 Å². The molecule has 3 aromatic carbocycles. The molecule has 9 rings (SSSR count). The number of nitrogens with zero attached hydrogens (tertiary/aromatic N) is 6. The molecule has 332 valence electrons. The van der Waals surface area contributed by atoms with Crippen LogP contribution >= 0.6 is 11.6 Å². The van der Waals surface area contributed by atoms with Crippen molar-refractivity contribution in [3.63, 3.8) is 0 Å². The smallest absolute Gasteiger partial charge is 0.255 e. The van der Waals surface area contributed by atoms with E-state index in [0.717, 1.165) is 94.7 Å². The number of likely N-dealkylation sites (tertiary alicyclic amines) is 1. The Morgan fingerprint density at radius 1 is 0.844 bits per heavy atom. The highest BCUT2D eigenvalue weighted by atomic mass is 35.5. The number of halogens is 1. The second kappa shape index (κ2) is 19.3. The minimum Gasteiger partial charge on any atom is -0.457 e. The van der Waals surface area contributed by atoms with Gasteiger partial charge in [-0.3, -0.25) is 34.2 Å². The first-order valence-corrected chi connectivity index (χ1v) is 23.0. The van der Waals surface area contributed by atoms with Crippen molar-refractivity contribution in [3.8, 4) is 11.5 Å². The van der Waals surface area contributed by atoms with E-state index < -0.39 is 11.9 Å². The van der Waals surface area contributed by atoms with Crippen LogP contribution in [-0.2, 0) is 27.3 Å². The monoisotopic (exact) mass is 884 g/mol. The van der Waals surface area contributed by atoms with Gasteiger partial charge in [0.2, 0.25) is 17.7 Å². The number of benzene rings is 3. The van der Waals surface area contributed by atoms with E-state index in [-0.39, 0.29) is 35.8 Å². The summed E-state index contributed by atoms with van der Waals surface area (Å²) in [5.74, 6) is 0.587. The standard InChI is InChI=1S/C49H53ClN8O6/c50-40-27-36(64-35-10-4-3-5-11-35)14-16-38(40)46(61)39-28-51-47-45(39)41(52-31-53-47)25-32-9-8-20-57(29-32)44(60)12-6-1-2-7-19-55-21-23-56(24-22-55)34-13-15-37-33(26-34)30-58(49(37)63)42-17-18-43(59)54-48(42)62/h3-5,10-11,13-16,26-28,31-32,42H,1-2,6-9,12,17-25,29-30H2,(H,51,52,53)(H,54,59,62)/t32-,42?/m0/s1. The van der Waals surface area contributed by atoms with Crippen LogP contribution in [0, 0.1) is 5.92 Å². The molecule has 5 aromatic rings. The van der Waals surface area contributed by atoms with Gasteiger partial charge < -0.3 is 24.4 Å². The molecule has 15 heteroatoms. The molecule has 0 spiro atoms. The van der Waals surface area contributed by atoms with Crippen LogP contribution < -0.4 is 15.0 Å². The number of hydrogen-bond donors (Lipinski definition) is 2. The number of rotatable bonds is 15. The van der Waals surface area contributed by atoms with E-state index in [1.54, 1.807) is 29.3 Å². The average Bonchev–Trinajstić information content (AvgIpc) is 3.89. The Labute approximate surface area is 377 Å². The molecule has 1 unspecified atom stereocenters. The molecule has 4 aliphatic rings. The Morgan fingerprint density at radius 2 is 1.67 bits per heavy atom. The van der Waals surface area contributed by atoms with Crippen molar-refractivity contribution in [2.45, 2.75) is 76.8 Å². The van der Waals surface area contributed by atoms with Crippen LogP contribution in [0.3, 0.4) is 0 Å². The molecule has 6 heterocycles. The molecule has 3 fully saturated rings. The van der Waals surface area contributed by atoms with Crippen molar-refractivity contribution in [1.29, 1.82) is 0 Å². The average molecular weight is 885 g/mol. The van der Waals surface area contributed by atoms with Crippen molar-refractivity contribution in [3.05, 3.63) is 112 Å². The maximum absolute atomic E-state index is 13.9. The number of para-hydroxylation sites is 1. The number of aromatic amines is 1. The van der Waals surface area contributed by atoms with Crippen molar-refractivity contribution >= 4 is 57.7 Å². The molecule has 64 heavy (non-hydrogen) atoms. The quantitative estimate of drug-likeness (QED) is 0.0640. The fourth-order valence-electron chi connectivity index (χ4n) is 9.72. The maximum atomic E-state index is 13.9. The van der Waals surface area contributed by atoms with Crippen molar-refractivity contribution < 1.29 is 28.7 Å². The number of H-pyrrole nitrogens is 1. The number of fused-ring (bicyclic) bond motifs is 2. The second-order valence-electron chi connectivity index (χ2n) is 17.4. The van der Waals surface area contributed by atoms with Gasteiger partial charge in [-0.2, -0.15) is 0 Å². The molecule has 2 aromatic heterocycles. The number of hydrogen-bond acceptors (Lipinski definition) is 10. The minimum absolute atomic E-state index is 0.147. The number of anilines is 1. The molecule has 14 nitrogen and oxygen atoms in total. The van der Waals surface area contributed by atoms with Crippen molar-refractivity contribution in [2.24, 2.45) is 5.92 Å². The summed E-state index contributed by atoms with van der Waals surface area (Å²) in [6.45, 7) is 6.57. The zero-order chi connectivity index (χ0) is 44.2. The van der Waals surface area contributed by atoms with Crippen LogP contribution in [0.15, 0.2) is 79.3 Å². The summed E-state index contributed by atoms with van der Waals surface area (Å²) < 4.78 is 5.91. The molecule has 0 bridgehead atoms. The lowest BCUT2D eigenvalue weighted by molar-refractivity contribution is -0.137. The Bertz CT molecular complexity index is 2560. The van der Waals surface area contributed by atoms with Gasteiger partial charge in [0.05, 0.1) is 21.7 Å². The fourth-order valence-corrected chi connectivity index (χ4v) is 9.97. The van der Waals surface area contributed by atoms with Gasteiger partial charge in [0, 0.05) is 87.7 Å². The fraction of sp³-hybridized carbons (Fsp3) is 0.408. The highest BCUT2D eigenvalue weighted by Gasteiger charge is 2.39. The molecule has 4 aliphatic heterocycles. The van der Waals surface area contributed by atoms with E-state index in [1.807, 2.05) is 47.4 Å². The number of ketones is 1. The summed E-state index contributed by atoms with van der Waals surface area (Å²) >= 11 is 6.65. The van der Waals surface area contributed by atoms with Crippen molar-refractivity contribution in [2.75, 3.05) is 50.7 Å². The third-order valence-corrected chi connectivity index (χ3v) is 13.5. The largest absolute Gasteiger partial charge is 0.457 e. The summed E-state index contributed by atoms with van der Waals surface area (Å²) in [5, 5.41) is 3.35. The van der Waals surface area contributed by atoms with Gasteiger partial charge in [-0.05, 0) is 99.0 Å². The van der Waals surface area contributed by atoms with Gasteiger partial charge in [0.1, 0.15) is 29.5 Å². The first-order chi connectivity index (χ1) is 31.2. The SMILES string of the molecule is O=C1CCC(N2Cc3cc(N4CCN(CCCCCCC(=O)N5CCC[C@@H](Cc6ncnc7[nH]cc(C(=O)c8ccc(Oc9ccccc9)cc8Cl)c67)C5)CC4)ccc3C2=O)C(=O)N1. The summed E-state index contributed by atoms with van der Waals surface area (Å²) in [5.41, 5.74) is 4.87. The normalized spacial score (nSPS) is 19.3. The second-order valence-corrected chi connectivity index (χ2v) is 17.8. The molecule has 2 N–H and O–H groups in total. The van der Waals surface area contributed by atoms with Crippen LogP contribution in [0.1, 0.15) is 95.3 Å². The van der Waals surface area contributed by atoms with Crippen LogP contribution in [0.5, 0.6) is 11.5 Å². The first-order valence-electron chi connectivity index (χ1n) is 22.6. The Morgan fingerprint density at radius 3 is 2.48 bits per heavy atom. The van der Waals surface area contributed by atoms with E-state index in [4.69, 9.17) is 16.3 Å². The minimum atomic E-state index is -0.609. The van der Waals surface area contributed by atoms with E-state index in [1.165, 1.54) is 6.33 Å². The number of amides is 4. The first kappa shape index (κ1) is 43.1. The molecule has 0 radical (unpaired) electrons. The van der Waals surface area contributed by atoms with Crippen LogP contribution in [0.4, 0.5) is 5.69 Å². The maximum Gasteiger partial charge on any atom is 0.255 e. The van der Waals surface area contributed by atoms with Gasteiger partial charge >= 0.3 is 0 Å². The van der Waals surface area contributed by atoms with Crippen LogP contribution in [-0.4, -0.2) is 111 Å². The number of piperidine rings is 2. The number of imide groups is 1. The number of piperazine rings is 1. The number of carbonyl (C=O) groups is 5. The summed E-state index contributed by atoms with van der Waals surface area (Å²) in [6, 6.07) is 19.8. The van der Waals surface area contributed by atoms with E-state index in [2.05, 4.69) is 36.1 Å². The van der Waals surface area contributed by atoms with E-state index >= 15 is 0 Å². The van der Waals surface area contributed by atoms with Crippen LogP contribution in [0.2, 0.25) is 5.02 Å². The summed E-state index contributed by atoms with van der Waals surface area (Å²) in [7, 11) is 0. The van der Waals surface area contributed by atoms with Gasteiger partial charge in [-0.1, -0.05) is 42.6 Å². The Hall–Kier alpha value is -6.12. The van der Waals surface area contributed by atoms with Gasteiger partial charge in [0.15, 0.2) is 5.78 Å². The van der Waals surface area contributed by atoms with Gasteiger partial charge in [-0.15, -0.1) is 0 Å². The zero-order valence-corrected chi connectivity index (χ0v) is 36.7. The summed E-state index contributed by atoms with van der Waals surface area (Å²) in [6.07, 6.45) is 11.0. The highest BCUT2D eigenvalue weighted by molar-refractivity contribution is 6.35. The highest BCUT2D eigenvalue weighted by Crippen LogP contribution is 2.33. The molecule has 0 aliphatic carbocycles. The predicted octanol–water partition coefficient (Wildman–Crippen LogP) is 6.95. The van der Waals surface area contributed by atoms with Crippen LogP contribution in [0.25, 0.3) is 11.0 Å². The molecular weight excluding hydrogens is 832 g/mol. The lowest BCUT2D eigenvalue weighted by Gasteiger charge is -2.36. The predicted molar refractivity (Wildman–Crippen MR) is 243 cm³/mol. The lowest BCUT2D eigenvalue weighted by Crippen LogP contribution is -2.52. The van der Waals surface area contributed by atoms with Gasteiger partial charge in [-0.25, -0.2) is 9.97 Å². The number of nitrogens with one attached hydrogen (secondary N) is 2. The lowest BCUT2D eigenvalue weighted by atomic mass is 9.91. The molecule has 3 saturated heterocycles. The number of unbranched alkanes of at least 4 members (excludes halogenated alkanes) is 3. The zero-order valence-electron chi connectivity index (χ0n) is 35.9. The number of carbonyl (C=O) groups excluding carboxylic acids is 5. The summed E-state index contributed by atoms with van der Waals surface area (Å²) in [4.78, 5) is 85.2.